The molecule has 1 atom stereocenters. The lowest BCUT2D eigenvalue weighted by atomic mass is 10.1. The van der Waals surface area contributed by atoms with Gasteiger partial charge in [0.1, 0.15) is 5.78 Å². The zero-order valence-corrected chi connectivity index (χ0v) is 17.1. The molecule has 27 heavy (non-hydrogen) atoms. The number of unbranched alkanes of at least 4 members (excludes halogenated alkanes) is 3. The van der Waals surface area contributed by atoms with E-state index in [9.17, 15) is 18.7 Å². The highest BCUT2D eigenvalue weighted by Crippen LogP contribution is 2.52. The van der Waals surface area contributed by atoms with Gasteiger partial charge in [-0.15, -0.1) is 0 Å². The average Bonchev–Trinajstić information content (AvgIpc) is 2.51. The van der Waals surface area contributed by atoms with Gasteiger partial charge in [0, 0.05) is 18.4 Å². The topological polar surface area (TPSA) is 168 Å². The third-order valence-corrected chi connectivity index (χ3v) is 5.28. The molecule has 0 saturated carbocycles. The van der Waals surface area contributed by atoms with Crippen LogP contribution in [0.5, 0.6) is 0 Å². The number of Topliss-reactive ketones (excluding diaryl/α,β-unsaturated/α-hetero) is 1. The van der Waals surface area contributed by atoms with Crippen molar-refractivity contribution < 1.29 is 47.6 Å². The first-order valence-corrected chi connectivity index (χ1v) is 11.7. The van der Waals surface area contributed by atoms with Gasteiger partial charge in [-0.1, -0.05) is 25.8 Å². The fourth-order valence-electron chi connectivity index (χ4n) is 2.12. The number of ketones is 1. The molecular formula is C15H28O10P2. The number of carbonyl (C=O) groups is 2. The van der Waals surface area contributed by atoms with Gasteiger partial charge in [0.15, 0.2) is 5.85 Å². The van der Waals surface area contributed by atoms with Crippen molar-refractivity contribution in [1.29, 1.82) is 0 Å². The second kappa shape index (κ2) is 12.6. The molecule has 1 unspecified atom stereocenters. The molecule has 0 aromatic rings. The second-order valence-corrected chi connectivity index (χ2v) is 9.10. The minimum Gasteiger partial charge on any atom is -0.462 e. The molecule has 0 saturated heterocycles. The summed E-state index contributed by atoms with van der Waals surface area (Å²) in [5, 5.41) is 0. The molecule has 158 valence electrons. The molecule has 0 aliphatic heterocycles. The van der Waals surface area contributed by atoms with Crippen LogP contribution in [0.2, 0.25) is 0 Å². The van der Waals surface area contributed by atoms with E-state index < -0.39 is 27.2 Å². The van der Waals surface area contributed by atoms with Gasteiger partial charge in [-0.3, -0.25) is 13.9 Å². The van der Waals surface area contributed by atoms with Crippen LogP contribution in [0.4, 0.5) is 0 Å². The Bertz CT molecular complexity index is 591. The summed E-state index contributed by atoms with van der Waals surface area (Å²) in [7, 11) is -9.77. The van der Waals surface area contributed by atoms with Crippen LogP contribution in [0.15, 0.2) is 12.2 Å². The summed E-state index contributed by atoms with van der Waals surface area (Å²) in [5.74, 6) is -2.31. The van der Waals surface area contributed by atoms with Crippen LogP contribution < -0.4 is 0 Å². The van der Waals surface area contributed by atoms with Gasteiger partial charge in [0.25, 0.3) is 0 Å². The summed E-state index contributed by atoms with van der Waals surface area (Å²) in [6.45, 7) is 5.13. The SMILES string of the molecule is C=C(C)C(=O)OCCCC(=O)CCCCCCC(OP(=O)(O)O)P(=O)(O)O. The number of phosphoric acid groups is 1. The maximum absolute atomic E-state index is 11.7. The minimum absolute atomic E-state index is 0.0271. The maximum atomic E-state index is 11.7. The normalized spacial score (nSPS) is 13.2. The van der Waals surface area contributed by atoms with Crippen LogP contribution in [0.3, 0.4) is 0 Å². The predicted molar refractivity (Wildman–Crippen MR) is 96.7 cm³/mol. The molecule has 0 aliphatic carbocycles. The predicted octanol–water partition coefficient (Wildman–Crippen LogP) is 2.41. The molecule has 4 N–H and O–H groups in total. The first-order chi connectivity index (χ1) is 12.3. The molecule has 0 aliphatic rings. The Morgan fingerprint density at radius 2 is 1.52 bits per heavy atom. The van der Waals surface area contributed by atoms with Crippen LogP contribution in [0.25, 0.3) is 0 Å². The second-order valence-electron chi connectivity index (χ2n) is 6.15. The van der Waals surface area contributed by atoms with Crippen molar-refractivity contribution in [2.24, 2.45) is 0 Å². The van der Waals surface area contributed by atoms with Gasteiger partial charge in [0.05, 0.1) is 6.61 Å². The summed E-state index contributed by atoms with van der Waals surface area (Å²) in [5.41, 5.74) is 0.300. The van der Waals surface area contributed by atoms with Crippen LogP contribution in [-0.4, -0.2) is 43.8 Å². The number of esters is 1. The molecule has 0 aromatic carbocycles. The Balaban J connectivity index is 3.87. The lowest BCUT2D eigenvalue weighted by Gasteiger charge is -2.19. The Hall–Kier alpha value is -0.860. The number of carbonyl (C=O) groups excluding carboxylic acids is 2. The van der Waals surface area contributed by atoms with Gasteiger partial charge in [0.2, 0.25) is 0 Å². The van der Waals surface area contributed by atoms with E-state index >= 15 is 0 Å². The van der Waals surface area contributed by atoms with E-state index in [0.717, 1.165) is 0 Å². The smallest absolute Gasteiger partial charge is 0.462 e. The highest BCUT2D eigenvalue weighted by molar-refractivity contribution is 7.53. The fourth-order valence-corrected chi connectivity index (χ4v) is 3.92. The zero-order valence-electron chi connectivity index (χ0n) is 15.3. The first kappa shape index (κ1) is 26.1. The van der Waals surface area contributed by atoms with Crippen molar-refractivity contribution in [1.82, 2.24) is 0 Å². The number of phosphoric ester groups is 1. The standard InChI is InChI=1S/C15H28O10P2/c1-12(2)15(17)24-11-7-9-13(16)8-5-3-4-6-10-14(26(18,19)20)25-27(21,22)23/h14H,1,3-11H2,2H3,(H2,18,19,20)(H2,21,22,23). The van der Waals surface area contributed by atoms with E-state index in [2.05, 4.69) is 11.1 Å². The monoisotopic (exact) mass is 430 g/mol. The number of hydrogen-bond acceptors (Lipinski definition) is 6. The summed E-state index contributed by atoms with van der Waals surface area (Å²) in [6.07, 6.45) is 2.91. The first-order valence-electron chi connectivity index (χ1n) is 8.46. The lowest BCUT2D eigenvalue weighted by molar-refractivity contribution is -0.139. The largest absolute Gasteiger partial charge is 0.470 e. The van der Waals surface area contributed by atoms with E-state index in [1.165, 1.54) is 6.92 Å². The summed E-state index contributed by atoms with van der Waals surface area (Å²) in [4.78, 5) is 58.3. The quantitative estimate of drug-likeness (QED) is 0.131. The molecule has 0 radical (unpaired) electrons. The number of rotatable bonds is 15. The summed E-state index contributed by atoms with van der Waals surface area (Å²) in [6, 6.07) is 0. The maximum Gasteiger partial charge on any atom is 0.470 e. The van der Waals surface area contributed by atoms with Crippen LogP contribution in [0, 0.1) is 0 Å². The lowest BCUT2D eigenvalue weighted by Crippen LogP contribution is -2.12. The third-order valence-electron chi connectivity index (χ3n) is 3.47. The van der Waals surface area contributed by atoms with Crippen molar-refractivity contribution in [3.63, 3.8) is 0 Å². The van der Waals surface area contributed by atoms with E-state index in [1.807, 2.05) is 0 Å². The van der Waals surface area contributed by atoms with Gasteiger partial charge in [-0.25, -0.2) is 9.36 Å². The molecule has 10 nitrogen and oxygen atoms in total. The Labute approximate surface area is 158 Å². The zero-order chi connectivity index (χ0) is 21.1. The average molecular weight is 430 g/mol. The molecular weight excluding hydrogens is 402 g/mol. The van der Waals surface area contributed by atoms with Gasteiger partial charge < -0.3 is 24.3 Å². The van der Waals surface area contributed by atoms with Gasteiger partial charge in [-0.05, 0) is 26.2 Å². The third kappa shape index (κ3) is 14.8. The molecule has 12 heteroatoms. The van der Waals surface area contributed by atoms with Crippen molar-refractivity contribution in [3.8, 4) is 0 Å². The number of hydrogen-bond donors (Lipinski definition) is 4. The van der Waals surface area contributed by atoms with Crippen molar-refractivity contribution in [2.45, 2.75) is 64.1 Å². The summed E-state index contributed by atoms with van der Waals surface area (Å²) < 4.78 is 30.9. The van der Waals surface area contributed by atoms with Crippen molar-refractivity contribution in [2.75, 3.05) is 6.61 Å². The fraction of sp³-hybridized carbons (Fsp3) is 0.733. The molecule has 0 rings (SSSR count). The Morgan fingerprint density at radius 3 is 2.04 bits per heavy atom. The van der Waals surface area contributed by atoms with Crippen molar-refractivity contribution >= 4 is 27.2 Å². The Kier molecular flexibility index (Phi) is 12.2. The molecule has 0 spiro atoms. The highest BCUT2D eigenvalue weighted by atomic mass is 31.2. The van der Waals surface area contributed by atoms with E-state index in [0.29, 0.717) is 50.5 Å². The van der Waals surface area contributed by atoms with Gasteiger partial charge in [-0.2, -0.15) is 0 Å². The van der Waals surface area contributed by atoms with E-state index in [-0.39, 0.29) is 18.8 Å². The Morgan fingerprint density at radius 1 is 0.963 bits per heavy atom. The van der Waals surface area contributed by atoms with E-state index in [4.69, 9.17) is 24.3 Å². The van der Waals surface area contributed by atoms with Gasteiger partial charge >= 0.3 is 21.4 Å². The number of ether oxygens (including phenoxy) is 1. The van der Waals surface area contributed by atoms with Crippen LogP contribution >= 0.6 is 15.4 Å². The van der Waals surface area contributed by atoms with Crippen LogP contribution in [0.1, 0.15) is 58.3 Å². The molecule has 0 bridgehead atoms. The van der Waals surface area contributed by atoms with Crippen LogP contribution in [-0.2, 0) is 28.0 Å². The minimum atomic E-state index is -4.99. The molecule has 0 amide bonds. The van der Waals surface area contributed by atoms with E-state index in [1.54, 1.807) is 0 Å². The molecule has 0 fully saturated rings. The van der Waals surface area contributed by atoms with Crippen molar-refractivity contribution in [3.05, 3.63) is 12.2 Å². The highest BCUT2D eigenvalue weighted by Gasteiger charge is 2.35. The molecule has 0 heterocycles. The molecule has 0 aromatic heterocycles. The summed E-state index contributed by atoms with van der Waals surface area (Å²) >= 11 is 0.